The lowest BCUT2D eigenvalue weighted by molar-refractivity contribution is 0.473. The van der Waals surface area contributed by atoms with Gasteiger partial charge < -0.3 is 10.5 Å². The van der Waals surface area contributed by atoms with Gasteiger partial charge in [0.1, 0.15) is 11.5 Å². The lowest BCUT2D eigenvalue weighted by atomic mass is 10.1. The molecule has 4 heteroatoms. The summed E-state index contributed by atoms with van der Waals surface area (Å²) >= 11 is 9.51. The average Bonchev–Trinajstić information content (AvgIpc) is 2.36. The molecule has 0 amide bonds. The molecule has 0 aliphatic carbocycles. The monoisotopic (exact) mass is 353 g/mol. The van der Waals surface area contributed by atoms with E-state index in [2.05, 4.69) is 15.9 Å². The van der Waals surface area contributed by atoms with Crippen LogP contribution in [0.1, 0.15) is 18.1 Å². The van der Waals surface area contributed by atoms with Gasteiger partial charge in [-0.15, -0.1) is 0 Å². The molecule has 0 radical (unpaired) electrons. The van der Waals surface area contributed by atoms with E-state index >= 15 is 0 Å². The molecule has 0 fully saturated rings. The van der Waals surface area contributed by atoms with Crippen LogP contribution in [0.4, 0.5) is 0 Å². The molecule has 0 aliphatic rings. The Kier molecular flexibility index (Phi) is 5.08. The van der Waals surface area contributed by atoms with Crippen molar-refractivity contribution in [1.82, 2.24) is 0 Å². The highest BCUT2D eigenvalue weighted by Gasteiger charge is 2.09. The van der Waals surface area contributed by atoms with Crippen molar-refractivity contribution in [2.45, 2.75) is 26.3 Å². The van der Waals surface area contributed by atoms with Crippen molar-refractivity contribution in [3.63, 3.8) is 0 Å². The molecule has 2 aromatic rings. The smallest absolute Gasteiger partial charge is 0.130 e. The summed E-state index contributed by atoms with van der Waals surface area (Å²) in [6, 6.07) is 11.7. The molecule has 0 bridgehead atoms. The Balaban J connectivity index is 2.30. The van der Waals surface area contributed by atoms with Gasteiger partial charge in [-0.1, -0.05) is 27.5 Å². The zero-order valence-corrected chi connectivity index (χ0v) is 13.8. The summed E-state index contributed by atoms with van der Waals surface area (Å²) < 4.78 is 6.99. The van der Waals surface area contributed by atoms with Crippen molar-refractivity contribution >= 4 is 27.5 Å². The SMILES string of the molecule is Cc1cc(Oc2ccc(Br)cc2CC(C)N)ccc1Cl. The van der Waals surface area contributed by atoms with E-state index in [-0.39, 0.29) is 6.04 Å². The summed E-state index contributed by atoms with van der Waals surface area (Å²) in [7, 11) is 0. The van der Waals surface area contributed by atoms with E-state index in [0.717, 1.165) is 38.5 Å². The minimum Gasteiger partial charge on any atom is -0.457 e. The first-order valence-corrected chi connectivity index (χ1v) is 7.61. The molecule has 2 rings (SSSR count). The fourth-order valence-electron chi connectivity index (χ4n) is 1.96. The number of benzene rings is 2. The van der Waals surface area contributed by atoms with Crippen LogP contribution in [-0.4, -0.2) is 6.04 Å². The third-order valence-corrected chi connectivity index (χ3v) is 3.84. The van der Waals surface area contributed by atoms with Gasteiger partial charge in [0.2, 0.25) is 0 Å². The van der Waals surface area contributed by atoms with Crippen LogP contribution in [0.2, 0.25) is 5.02 Å². The number of hydrogen-bond donors (Lipinski definition) is 1. The Hall–Kier alpha value is -1.03. The molecule has 0 aliphatic heterocycles. The third-order valence-electron chi connectivity index (χ3n) is 2.92. The van der Waals surface area contributed by atoms with Gasteiger partial charge >= 0.3 is 0 Å². The predicted octanol–water partition coefficient (Wildman–Crippen LogP) is 5.09. The standard InChI is InChI=1S/C16H17BrClNO/c1-10-7-14(4-5-15(10)18)20-16-6-3-13(17)9-12(16)8-11(2)19/h3-7,9,11H,8,19H2,1-2H3. The Morgan fingerprint density at radius 2 is 2.00 bits per heavy atom. The molecular formula is C16H17BrClNO. The minimum atomic E-state index is 0.0820. The Morgan fingerprint density at radius 3 is 2.65 bits per heavy atom. The molecule has 2 N–H and O–H groups in total. The Morgan fingerprint density at radius 1 is 1.25 bits per heavy atom. The van der Waals surface area contributed by atoms with E-state index in [9.17, 15) is 0 Å². The second-order valence-corrected chi connectivity index (χ2v) is 6.27. The number of ether oxygens (including phenoxy) is 1. The first kappa shape index (κ1) is 15.4. The van der Waals surface area contributed by atoms with Crippen molar-refractivity contribution < 1.29 is 4.74 Å². The molecule has 1 atom stereocenters. The summed E-state index contributed by atoms with van der Waals surface area (Å²) in [5.41, 5.74) is 7.97. The summed E-state index contributed by atoms with van der Waals surface area (Å²) in [5.74, 6) is 1.60. The molecule has 0 saturated carbocycles. The van der Waals surface area contributed by atoms with Gasteiger partial charge in [-0.25, -0.2) is 0 Å². The molecule has 2 aromatic carbocycles. The third kappa shape index (κ3) is 3.98. The van der Waals surface area contributed by atoms with Crippen molar-refractivity contribution in [3.8, 4) is 11.5 Å². The minimum absolute atomic E-state index is 0.0820. The average molecular weight is 355 g/mol. The first-order valence-electron chi connectivity index (χ1n) is 6.43. The van der Waals surface area contributed by atoms with E-state index in [1.165, 1.54) is 0 Å². The van der Waals surface area contributed by atoms with Crippen molar-refractivity contribution in [3.05, 3.63) is 57.0 Å². The maximum absolute atomic E-state index is 6.03. The topological polar surface area (TPSA) is 35.2 Å². The fourth-order valence-corrected chi connectivity index (χ4v) is 2.49. The second kappa shape index (κ2) is 6.61. The van der Waals surface area contributed by atoms with E-state index in [0.29, 0.717) is 0 Å². The lowest BCUT2D eigenvalue weighted by Crippen LogP contribution is -2.18. The van der Waals surface area contributed by atoms with Gasteiger partial charge in [0.15, 0.2) is 0 Å². The number of aryl methyl sites for hydroxylation is 1. The lowest BCUT2D eigenvalue weighted by Gasteiger charge is -2.14. The summed E-state index contributed by atoms with van der Waals surface area (Å²) in [6.45, 7) is 3.94. The molecule has 2 nitrogen and oxygen atoms in total. The van der Waals surface area contributed by atoms with E-state index in [1.807, 2.05) is 50.2 Å². The number of hydrogen-bond acceptors (Lipinski definition) is 2. The van der Waals surface area contributed by atoms with Crippen LogP contribution in [0.3, 0.4) is 0 Å². The fraction of sp³-hybridized carbons (Fsp3) is 0.250. The van der Waals surface area contributed by atoms with Crippen LogP contribution in [0.25, 0.3) is 0 Å². The zero-order valence-electron chi connectivity index (χ0n) is 11.5. The van der Waals surface area contributed by atoms with Crippen LogP contribution in [-0.2, 0) is 6.42 Å². The van der Waals surface area contributed by atoms with Gasteiger partial charge in [-0.3, -0.25) is 0 Å². The molecule has 0 aromatic heterocycles. The molecule has 0 heterocycles. The molecule has 20 heavy (non-hydrogen) atoms. The van der Waals surface area contributed by atoms with Crippen molar-refractivity contribution in [2.24, 2.45) is 5.73 Å². The van der Waals surface area contributed by atoms with Crippen LogP contribution >= 0.6 is 27.5 Å². The van der Waals surface area contributed by atoms with E-state index < -0.39 is 0 Å². The molecule has 0 saturated heterocycles. The van der Waals surface area contributed by atoms with Crippen LogP contribution in [0.15, 0.2) is 40.9 Å². The maximum atomic E-state index is 6.03. The van der Waals surface area contributed by atoms with Gasteiger partial charge in [-0.05, 0) is 67.8 Å². The molecule has 1 unspecified atom stereocenters. The van der Waals surface area contributed by atoms with Gasteiger partial charge in [0.05, 0.1) is 0 Å². The van der Waals surface area contributed by atoms with Gasteiger partial charge in [-0.2, -0.15) is 0 Å². The van der Waals surface area contributed by atoms with Gasteiger partial charge in [0, 0.05) is 15.5 Å². The zero-order chi connectivity index (χ0) is 14.7. The molecular weight excluding hydrogens is 338 g/mol. The number of rotatable bonds is 4. The largest absolute Gasteiger partial charge is 0.457 e. The summed E-state index contributed by atoms with van der Waals surface area (Å²) in [5, 5.41) is 0.740. The maximum Gasteiger partial charge on any atom is 0.130 e. The highest BCUT2D eigenvalue weighted by atomic mass is 79.9. The summed E-state index contributed by atoms with van der Waals surface area (Å²) in [4.78, 5) is 0. The second-order valence-electron chi connectivity index (χ2n) is 4.95. The number of nitrogens with two attached hydrogens (primary N) is 1. The quantitative estimate of drug-likeness (QED) is 0.829. The van der Waals surface area contributed by atoms with Crippen LogP contribution in [0.5, 0.6) is 11.5 Å². The highest BCUT2D eigenvalue weighted by molar-refractivity contribution is 9.10. The van der Waals surface area contributed by atoms with E-state index in [1.54, 1.807) is 0 Å². The van der Waals surface area contributed by atoms with Crippen molar-refractivity contribution in [2.75, 3.05) is 0 Å². The van der Waals surface area contributed by atoms with E-state index in [4.69, 9.17) is 22.1 Å². The molecule has 106 valence electrons. The predicted molar refractivity (Wildman–Crippen MR) is 87.8 cm³/mol. The van der Waals surface area contributed by atoms with Crippen LogP contribution in [0, 0.1) is 6.92 Å². The van der Waals surface area contributed by atoms with Crippen LogP contribution < -0.4 is 10.5 Å². The van der Waals surface area contributed by atoms with Crippen molar-refractivity contribution in [1.29, 1.82) is 0 Å². The molecule has 0 spiro atoms. The first-order chi connectivity index (χ1) is 9.45. The number of halogens is 2. The normalized spacial score (nSPS) is 12.2. The van der Waals surface area contributed by atoms with Gasteiger partial charge in [0.25, 0.3) is 0 Å². The Bertz CT molecular complexity index is 613. The highest BCUT2D eigenvalue weighted by Crippen LogP contribution is 2.30. The Labute approximate surface area is 133 Å². The summed E-state index contributed by atoms with van der Waals surface area (Å²) in [6.07, 6.45) is 0.765.